The number of rotatable bonds is 5. The fourth-order valence-corrected chi connectivity index (χ4v) is 2.44. The molecule has 20 heavy (non-hydrogen) atoms. The van der Waals surface area contributed by atoms with E-state index >= 15 is 0 Å². The third kappa shape index (κ3) is 3.06. The Hall–Kier alpha value is -2.13. The minimum absolute atomic E-state index is 0.166. The van der Waals surface area contributed by atoms with Crippen molar-refractivity contribution in [3.8, 4) is 11.7 Å². The van der Waals surface area contributed by atoms with Gasteiger partial charge in [0.25, 0.3) is 11.1 Å². The van der Waals surface area contributed by atoms with E-state index in [4.69, 9.17) is 8.83 Å². The van der Waals surface area contributed by atoms with E-state index in [1.807, 2.05) is 0 Å². The third-order valence-electron chi connectivity index (χ3n) is 2.14. The first kappa shape index (κ1) is 12.9. The van der Waals surface area contributed by atoms with Crippen LogP contribution in [0.4, 0.5) is 5.13 Å². The monoisotopic (exact) mass is 308 g/mol. The summed E-state index contributed by atoms with van der Waals surface area (Å²) in [5.41, 5.74) is 0. The standard InChI is InChI=1S/C11H8N4O3S2/c16-8(13-10-12-3-5-19-10)6-20-11-15-14-9(18-11)7-2-1-4-17-7/h1-5H,6H2,(H,12,13,16). The van der Waals surface area contributed by atoms with Crippen LogP contribution in [0.15, 0.2) is 44.0 Å². The highest BCUT2D eigenvalue weighted by molar-refractivity contribution is 7.99. The average Bonchev–Trinajstić information content (AvgIpc) is 3.18. The molecular formula is C11H8N4O3S2. The Balaban J connectivity index is 1.55. The molecule has 102 valence electrons. The van der Waals surface area contributed by atoms with Gasteiger partial charge >= 0.3 is 0 Å². The van der Waals surface area contributed by atoms with E-state index in [0.29, 0.717) is 16.1 Å². The smallest absolute Gasteiger partial charge is 0.284 e. The maximum Gasteiger partial charge on any atom is 0.284 e. The van der Waals surface area contributed by atoms with Gasteiger partial charge in [0.15, 0.2) is 10.9 Å². The summed E-state index contributed by atoms with van der Waals surface area (Å²) in [4.78, 5) is 15.6. The fraction of sp³-hybridized carbons (Fsp3) is 0.0909. The maximum absolute atomic E-state index is 11.6. The molecule has 0 aromatic carbocycles. The molecular weight excluding hydrogens is 300 g/mol. The van der Waals surface area contributed by atoms with Gasteiger partial charge in [-0.25, -0.2) is 4.98 Å². The molecule has 0 aliphatic carbocycles. The Morgan fingerprint density at radius 3 is 3.15 bits per heavy atom. The predicted octanol–water partition coefficient (Wildman–Crippen LogP) is 2.52. The van der Waals surface area contributed by atoms with Gasteiger partial charge in [-0.15, -0.1) is 21.5 Å². The topological polar surface area (TPSA) is 94.0 Å². The van der Waals surface area contributed by atoms with Crippen LogP contribution in [0.25, 0.3) is 11.7 Å². The number of hydrogen-bond donors (Lipinski definition) is 1. The number of nitrogens with one attached hydrogen (secondary N) is 1. The minimum Gasteiger partial charge on any atom is -0.459 e. The van der Waals surface area contributed by atoms with E-state index in [0.717, 1.165) is 11.8 Å². The van der Waals surface area contributed by atoms with Crippen LogP contribution in [-0.2, 0) is 4.79 Å². The van der Waals surface area contributed by atoms with Gasteiger partial charge in [-0.1, -0.05) is 11.8 Å². The number of nitrogens with zero attached hydrogens (tertiary/aromatic N) is 3. The molecule has 0 bridgehead atoms. The van der Waals surface area contributed by atoms with Gasteiger partial charge in [0, 0.05) is 11.6 Å². The second-order valence-corrected chi connectivity index (χ2v) is 5.35. The number of thiazole rings is 1. The highest BCUT2D eigenvalue weighted by atomic mass is 32.2. The molecule has 3 aromatic heterocycles. The second-order valence-electron chi connectivity index (χ2n) is 3.52. The lowest BCUT2D eigenvalue weighted by Crippen LogP contribution is -2.13. The molecule has 3 rings (SSSR count). The largest absolute Gasteiger partial charge is 0.459 e. The number of amides is 1. The molecule has 0 unspecified atom stereocenters. The maximum atomic E-state index is 11.6. The van der Waals surface area contributed by atoms with Crippen LogP contribution in [0, 0.1) is 0 Å². The number of thioether (sulfide) groups is 1. The Bertz CT molecular complexity index is 678. The van der Waals surface area contributed by atoms with Gasteiger partial charge in [0.1, 0.15) is 0 Å². The molecule has 9 heteroatoms. The highest BCUT2D eigenvalue weighted by Crippen LogP contribution is 2.23. The summed E-state index contributed by atoms with van der Waals surface area (Å²) in [6.07, 6.45) is 3.15. The Labute approximate surface area is 121 Å². The van der Waals surface area contributed by atoms with E-state index in [2.05, 4.69) is 20.5 Å². The van der Waals surface area contributed by atoms with Gasteiger partial charge in [-0.2, -0.15) is 0 Å². The number of hydrogen-bond acceptors (Lipinski definition) is 8. The lowest BCUT2D eigenvalue weighted by Gasteiger charge is -1.98. The molecule has 0 aliphatic rings. The summed E-state index contributed by atoms with van der Waals surface area (Å²) in [5.74, 6) is 0.774. The zero-order valence-corrected chi connectivity index (χ0v) is 11.6. The van der Waals surface area contributed by atoms with Gasteiger partial charge in [-0.05, 0) is 12.1 Å². The number of anilines is 1. The van der Waals surface area contributed by atoms with E-state index in [9.17, 15) is 4.79 Å². The fourth-order valence-electron chi connectivity index (χ4n) is 1.34. The molecule has 0 saturated heterocycles. The zero-order valence-electron chi connectivity index (χ0n) is 9.98. The Kier molecular flexibility index (Phi) is 3.79. The van der Waals surface area contributed by atoms with Crippen molar-refractivity contribution in [2.45, 2.75) is 5.22 Å². The first-order valence-electron chi connectivity index (χ1n) is 5.51. The molecule has 0 aliphatic heterocycles. The quantitative estimate of drug-likeness (QED) is 0.724. The van der Waals surface area contributed by atoms with Gasteiger partial charge in [0.2, 0.25) is 5.91 Å². The molecule has 7 nitrogen and oxygen atoms in total. The molecule has 0 spiro atoms. The second kappa shape index (κ2) is 5.88. The van der Waals surface area contributed by atoms with Crippen molar-refractivity contribution in [2.75, 3.05) is 11.1 Å². The van der Waals surface area contributed by atoms with E-state index in [1.54, 1.807) is 23.7 Å². The van der Waals surface area contributed by atoms with Gasteiger partial charge in [0.05, 0.1) is 12.0 Å². The highest BCUT2D eigenvalue weighted by Gasteiger charge is 2.13. The first-order chi connectivity index (χ1) is 9.81. The summed E-state index contributed by atoms with van der Waals surface area (Å²) in [5, 5.41) is 13.0. The number of furan rings is 1. The molecule has 0 atom stereocenters. The van der Waals surface area contributed by atoms with Crippen molar-refractivity contribution in [3.05, 3.63) is 30.0 Å². The van der Waals surface area contributed by atoms with E-state index in [1.165, 1.54) is 17.6 Å². The van der Waals surface area contributed by atoms with Crippen LogP contribution >= 0.6 is 23.1 Å². The molecule has 3 aromatic rings. The minimum atomic E-state index is -0.178. The van der Waals surface area contributed by atoms with Crippen molar-refractivity contribution in [1.82, 2.24) is 15.2 Å². The van der Waals surface area contributed by atoms with Gasteiger partial charge in [-0.3, -0.25) is 4.79 Å². The molecule has 0 radical (unpaired) electrons. The third-order valence-corrected chi connectivity index (χ3v) is 3.65. The Morgan fingerprint density at radius 1 is 1.45 bits per heavy atom. The molecule has 3 heterocycles. The lowest BCUT2D eigenvalue weighted by atomic mass is 10.5. The normalized spacial score (nSPS) is 10.6. The van der Waals surface area contributed by atoms with Crippen molar-refractivity contribution >= 4 is 34.1 Å². The van der Waals surface area contributed by atoms with Crippen LogP contribution in [-0.4, -0.2) is 26.8 Å². The Morgan fingerprint density at radius 2 is 2.40 bits per heavy atom. The first-order valence-corrected chi connectivity index (χ1v) is 7.37. The number of carbonyl (C=O) groups excluding carboxylic acids is 1. The van der Waals surface area contributed by atoms with Crippen molar-refractivity contribution in [2.24, 2.45) is 0 Å². The molecule has 0 saturated carbocycles. The van der Waals surface area contributed by atoms with Crippen molar-refractivity contribution in [1.29, 1.82) is 0 Å². The van der Waals surface area contributed by atoms with Crippen LogP contribution in [0.3, 0.4) is 0 Å². The van der Waals surface area contributed by atoms with Crippen molar-refractivity contribution in [3.63, 3.8) is 0 Å². The molecule has 0 fully saturated rings. The van der Waals surface area contributed by atoms with Crippen LogP contribution in [0.5, 0.6) is 0 Å². The summed E-state index contributed by atoms with van der Waals surface area (Å²) < 4.78 is 10.5. The van der Waals surface area contributed by atoms with E-state index in [-0.39, 0.29) is 17.6 Å². The zero-order chi connectivity index (χ0) is 13.8. The predicted molar refractivity (Wildman–Crippen MR) is 73.5 cm³/mol. The number of carbonyl (C=O) groups is 1. The van der Waals surface area contributed by atoms with E-state index < -0.39 is 0 Å². The summed E-state index contributed by atoms with van der Waals surface area (Å²) in [6, 6.07) is 3.45. The van der Waals surface area contributed by atoms with Gasteiger partial charge < -0.3 is 14.2 Å². The lowest BCUT2D eigenvalue weighted by molar-refractivity contribution is -0.113. The summed E-state index contributed by atoms with van der Waals surface area (Å²) in [7, 11) is 0. The molecule has 1 N–H and O–H groups in total. The molecule has 1 amide bonds. The van der Waals surface area contributed by atoms with Crippen molar-refractivity contribution < 1.29 is 13.6 Å². The van der Waals surface area contributed by atoms with Crippen LogP contribution in [0.1, 0.15) is 0 Å². The average molecular weight is 308 g/mol. The van der Waals surface area contributed by atoms with Crippen LogP contribution < -0.4 is 5.32 Å². The SMILES string of the molecule is O=C(CSc1nnc(-c2ccco2)o1)Nc1nccs1. The summed E-state index contributed by atoms with van der Waals surface area (Å²) >= 11 is 2.51. The number of aromatic nitrogens is 3. The van der Waals surface area contributed by atoms with Crippen LogP contribution in [0.2, 0.25) is 0 Å². The summed E-state index contributed by atoms with van der Waals surface area (Å²) in [6.45, 7) is 0.